The first-order valence-electron chi connectivity index (χ1n) is 8.69. The molecule has 0 bridgehead atoms. The molecule has 0 radical (unpaired) electrons. The molecule has 6 nitrogen and oxygen atoms in total. The van der Waals surface area contributed by atoms with Crippen LogP contribution in [-0.2, 0) is 9.53 Å². The van der Waals surface area contributed by atoms with Crippen LogP contribution < -0.4 is 0 Å². The summed E-state index contributed by atoms with van der Waals surface area (Å²) in [5.74, 6) is -0.866. The highest BCUT2D eigenvalue weighted by Crippen LogP contribution is 2.23. The quantitative estimate of drug-likeness (QED) is 0.909. The summed E-state index contributed by atoms with van der Waals surface area (Å²) in [6.45, 7) is 9.67. The van der Waals surface area contributed by atoms with E-state index in [9.17, 15) is 14.7 Å². The SMILES string of the molecule is Cc1ccc([C@H](C(=O)O)N2CCCN(C(=O)OC(C)(C)C)CC2)cc1. The Kier molecular flexibility index (Phi) is 6.06. The third-order valence-electron chi connectivity index (χ3n) is 4.17. The number of amides is 1. The summed E-state index contributed by atoms with van der Waals surface area (Å²) in [6.07, 6.45) is 0.381. The van der Waals surface area contributed by atoms with E-state index in [1.165, 1.54) is 0 Å². The molecule has 1 aromatic carbocycles. The van der Waals surface area contributed by atoms with Gasteiger partial charge >= 0.3 is 12.1 Å². The first-order valence-corrected chi connectivity index (χ1v) is 8.69. The normalized spacial score (nSPS) is 17.7. The van der Waals surface area contributed by atoms with E-state index in [1.54, 1.807) is 4.90 Å². The Morgan fingerprint density at radius 1 is 1.08 bits per heavy atom. The number of ether oxygens (including phenoxy) is 1. The summed E-state index contributed by atoms with van der Waals surface area (Å²) in [5, 5.41) is 9.72. The standard InChI is InChI=1S/C19H28N2O4/c1-14-6-8-15(9-7-14)16(17(22)23)20-10-5-11-21(13-12-20)18(24)25-19(2,3)4/h6-9,16H,5,10-13H2,1-4H3,(H,22,23)/t16-/m1/s1. The fraction of sp³-hybridized carbons (Fsp3) is 0.579. The summed E-state index contributed by atoms with van der Waals surface area (Å²) >= 11 is 0. The number of aliphatic carboxylic acids is 1. The Morgan fingerprint density at radius 3 is 2.28 bits per heavy atom. The van der Waals surface area contributed by atoms with Gasteiger partial charge in [-0.15, -0.1) is 0 Å². The van der Waals surface area contributed by atoms with Gasteiger partial charge in [0.2, 0.25) is 0 Å². The van der Waals surface area contributed by atoms with E-state index in [0.29, 0.717) is 26.2 Å². The van der Waals surface area contributed by atoms with E-state index in [4.69, 9.17) is 4.74 Å². The summed E-state index contributed by atoms with van der Waals surface area (Å²) in [4.78, 5) is 27.7. The van der Waals surface area contributed by atoms with Gasteiger partial charge in [0, 0.05) is 26.2 Å². The largest absolute Gasteiger partial charge is 0.480 e. The fourth-order valence-electron chi connectivity index (χ4n) is 2.96. The molecule has 0 spiro atoms. The van der Waals surface area contributed by atoms with Gasteiger partial charge in [0.1, 0.15) is 11.6 Å². The minimum Gasteiger partial charge on any atom is -0.480 e. The number of carbonyl (C=O) groups excluding carboxylic acids is 1. The van der Waals surface area contributed by atoms with Crippen LogP contribution in [-0.4, -0.2) is 58.7 Å². The molecule has 0 unspecified atom stereocenters. The third kappa shape index (κ3) is 5.46. The predicted molar refractivity (Wildman–Crippen MR) is 95.6 cm³/mol. The lowest BCUT2D eigenvalue weighted by Gasteiger charge is -2.28. The smallest absolute Gasteiger partial charge is 0.410 e. The van der Waals surface area contributed by atoms with Crippen molar-refractivity contribution in [2.75, 3.05) is 26.2 Å². The molecule has 1 aromatic rings. The van der Waals surface area contributed by atoms with Crippen LogP contribution in [0.15, 0.2) is 24.3 Å². The monoisotopic (exact) mass is 348 g/mol. The molecule has 1 aliphatic heterocycles. The van der Waals surface area contributed by atoms with E-state index in [-0.39, 0.29) is 6.09 Å². The number of aryl methyl sites for hydroxylation is 1. The predicted octanol–water partition coefficient (Wildman–Crippen LogP) is 3.06. The number of hydrogen-bond acceptors (Lipinski definition) is 4. The lowest BCUT2D eigenvalue weighted by molar-refractivity contribution is -0.143. The van der Waals surface area contributed by atoms with Crippen molar-refractivity contribution in [3.8, 4) is 0 Å². The molecule has 138 valence electrons. The zero-order valence-electron chi connectivity index (χ0n) is 15.5. The molecule has 0 aromatic heterocycles. The molecule has 1 saturated heterocycles. The van der Waals surface area contributed by atoms with E-state index >= 15 is 0 Å². The van der Waals surface area contributed by atoms with Crippen LogP contribution in [0, 0.1) is 6.92 Å². The lowest BCUT2D eigenvalue weighted by atomic mass is 10.0. The molecular weight excluding hydrogens is 320 g/mol. The van der Waals surface area contributed by atoms with Crippen molar-refractivity contribution in [1.82, 2.24) is 9.80 Å². The van der Waals surface area contributed by atoms with E-state index in [0.717, 1.165) is 17.5 Å². The molecule has 25 heavy (non-hydrogen) atoms. The van der Waals surface area contributed by atoms with Gasteiger partial charge in [0.25, 0.3) is 0 Å². The molecule has 0 saturated carbocycles. The lowest BCUT2D eigenvalue weighted by Crippen LogP contribution is -2.40. The number of carboxylic acid groups (broad SMARTS) is 1. The van der Waals surface area contributed by atoms with Gasteiger partial charge in [-0.05, 0) is 39.7 Å². The molecule has 0 aliphatic carbocycles. The fourth-order valence-corrected chi connectivity index (χ4v) is 2.96. The minimum absolute atomic E-state index is 0.337. The summed E-state index contributed by atoms with van der Waals surface area (Å²) in [7, 11) is 0. The van der Waals surface area contributed by atoms with Gasteiger partial charge in [-0.2, -0.15) is 0 Å². The van der Waals surface area contributed by atoms with Gasteiger partial charge in [-0.1, -0.05) is 29.8 Å². The second-order valence-electron chi connectivity index (χ2n) is 7.51. The van der Waals surface area contributed by atoms with Crippen molar-refractivity contribution >= 4 is 12.1 Å². The number of benzene rings is 1. The molecule has 2 rings (SSSR count). The zero-order chi connectivity index (χ0) is 18.6. The van der Waals surface area contributed by atoms with Crippen LogP contribution in [0.2, 0.25) is 0 Å². The Bertz CT molecular complexity index is 607. The number of hydrogen-bond donors (Lipinski definition) is 1. The van der Waals surface area contributed by atoms with Gasteiger partial charge in [0.15, 0.2) is 0 Å². The summed E-state index contributed by atoms with van der Waals surface area (Å²) in [5.41, 5.74) is 1.33. The van der Waals surface area contributed by atoms with Crippen LogP contribution in [0.5, 0.6) is 0 Å². The Morgan fingerprint density at radius 2 is 1.72 bits per heavy atom. The second-order valence-corrected chi connectivity index (χ2v) is 7.51. The molecule has 1 atom stereocenters. The molecular formula is C19H28N2O4. The number of carboxylic acids is 1. The maximum Gasteiger partial charge on any atom is 0.410 e. The van der Waals surface area contributed by atoms with Crippen molar-refractivity contribution in [3.05, 3.63) is 35.4 Å². The Hall–Kier alpha value is -2.08. The van der Waals surface area contributed by atoms with Crippen LogP contribution in [0.4, 0.5) is 4.79 Å². The van der Waals surface area contributed by atoms with Gasteiger partial charge < -0.3 is 14.7 Å². The third-order valence-corrected chi connectivity index (χ3v) is 4.17. The Labute approximate surface area is 149 Å². The molecule has 6 heteroatoms. The minimum atomic E-state index is -0.866. The number of rotatable bonds is 3. The van der Waals surface area contributed by atoms with Gasteiger partial charge in [-0.3, -0.25) is 9.69 Å². The van der Waals surface area contributed by atoms with E-state index in [1.807, 2.05) is 56.9 Å². The molecule has 1 N–H and O–H groups in total. The van der Waals surface area contributed by atoms with Crippen molar-refractivity contribution < 1.29 is 19.4 Å². The molecule has 1 fully saturated rings. The highest BCUT2D eigenvalue weighted by molar-refractivity contribution is 5.75. The topological polar surface area (TPSA) is 70.1 Å². The van der Waals surface area contributed by atoms with Gasteiger partial charge in [-0.25, -0.2) is 4.79 Å². The first kappa shape index (κ1) is 19.2. The van der Waals surface area contributed by atoms with Crippen LogP contribution in [0.1, 0.15) is 44.4 Å². The molecule has 1 amide bonds. The van der Waals surface area contributed by atoms with Crippen molar-refractivity contribution in [1.29, 1.82) is 0 Å². The maximum atomic E-state index is 12.3. The summed E-state index contributed by atoms with van der Waals surface area (Å²) in [6, 6.07) is 6.89. The zero-order valence-corrected chi connectivity index (χ0v) is 15.5. The average Bonchev–Trinajstić information content (AvgIpc) is 2.73. The van der Waals surface area contributed by atoms with Crippen molar-refractivity contribution in [2.45, 2.75) is 45.8 Å². The van der Waals surface area contributed by atoms with Crippen LogP contribution >= 0.6 is 0 Å². The van der Waals surface area contributed by atoms with Crippen molar-refractivity contribution in [3.63, 3.8) is 0 Å². The Balaban J connectivity index is 2.08. The highest BCUT2D eigenvalue weighted by atomic mass is 16.6. The maximum absolute atomic E-state index is 12.3. The van der Waals surface area contributed by atoms with E-state index in [2.05, 4.69) is 0 Å². The molecule has 1 heterocycles. The van der Waals surface area contributed by atoms with E-state index < -0.39 is 17.6 Å². The van der Waals surface area contributed by atoms with Crippen LogP contribution in [0.25, 0.3) is 0 Å². The van der Waals surface area contributed by atoms with Gasteiger partial charge in [0.05, 0.1) is 0 Å². The van der Waals surface area contributed by atoms with Crippen LogP contribution in [0.3, 0.4) is 0 Å². The second kappa shape index (κ2) is 7.87. The number of nitrogens with zero attached hydrogens (tertiary/aromatic N) is 2. The van der Waals surface area contributed by atoms with Crippen molar-refractivity contribution in [2.24, 2.45) is 0 Å². The average molecular weight is 348 g/mol. The first-order chi connectivity index (χ1) is 11.7. The molecule has 1 aliphatic rings. The number of carbonyl (C=O) groups is 2. The summed E-state index contributed by atoms with van der Waals surface area (Å²) < 4.78 is 5.43. The highest BCUT2D eigenvalue weighted by Gasteiger charge is 2.31.